The van der Waals surface area contributed by atoms with E-state index in [0.29, 0.717) is 0 Å². The van der Waals surface area contributed by atoms with E-state index in [-0.39, 0.29) is 11.9 Å². The zero-order valence-electron chi connectivity index (χ0n) is 11.7. The predicted octanol–water partition coefficient (Wildman–Crippen LogP) is 0.687. The van der Waals surface area contributed by atoms with Gasteiger partial charge < -0.3 is 10.2 Å². The number of likely N-dealkylation sites (tertiary alicyclic amines) is 1. The molecular formula is C13H23N5O. The van der Waals surface area contributed by atoms with Crippen molar-refractivity contribution in [3.05, 3.63) is 12.7 Å². The van der Waals surface area contributed by atoms with E-state index in [1.807, 2.05) is 18.9 Å². The van der Waals surface area contributed by atoms with Gasteiger partial charge in [-0.25, -0.2) is 9.67 Å². The number of rotatable bonds is 5. The van der Waals surface area contributed by atoms with E-state index in [0.717, 1.165) is 38.4 Å². The van der Waals surface area contributed by atoms with Gasteiger partial charge in [0.05, 0.1) is 0 Å². The Kier molecular flexibility index (Phi) is 4.90. The maximum atomic E-state index is 12.3. The second kappa shape index (κ2) is 6.65. The van der Waals surface area contributed by atoms with Crippen LogP contribution in [0.15, 0.2) is 12.7 Å². The number of hydrogen-bond acceptors (Lipinski definition) is 4. The van der Waals surface area contributed by atoms with Crippen molar-refractivity contribution < 1.29 is 4.79 Å². The summed E-state index contributed by atoms with van der Waals surface area (Å²) < 4.78 is 1.62. The van der Waals surface area contributed by atoms with Gasteiger partial charge in [0.15, 0.2) is 0 Å². The second-order valence-corrected chi connectivity index (χ2v) is 5.21. The zero-order valence-corrected chi connectivity index (χ0v) is 11.7. The number of piperidine rings is 1. The van der Waals surface area contributed by atoms with Crippen molar-refractivity contribution in [1.29, 1.82) is 0 Å². The summed E-state index contributed by atoms with van der Waals surface area (Å²) in [6, 6.07) is -0.253. The first kappa shape index (κ1) is 14.0. The molecule has 1 aliphatic rings. The minimum Gasteiger partial charge on any atom is -0.341 e. The van der Waals surface area contributed by atoms with Crippen LogP contribution in [0.25, 0.3) is 0 Å². The molecule has 1 atom stereocenters. The number of aromatic nitrogens is 3. The Morgan fingerprint density at radius 3 is 2.79 bits per heavy atom. The number of carbonyl (C=O) groups excluding carboxylic acids is 1. The summed E-state index contributed by atoms with van der Waals surface area (Å²) in [4.78, 5) is 18.2. The highest BCUT2D eigenvalue weighted by Crippen LogP contribution is 2.22. The van der Waals surface area contributed by atoms with Gasteiger partial charge in [-0.3, -0.25) is 4.79 Å². The smallest absolute Gasteiger partial charge is 0.247 e. The van der Waals surface area contributed by atoms with Crippen molar-refractivity contribution in [2.45, 2.75) is 32.2 Å². The van der Waals surface area contributed by atoms with Crippen LogP contribution in [0.1, 0.15) is 32.2 Å². The summed E-state index contributed by atoms with van der Waals surface area (Å²) in [5.41, 5.74) is 0. The van der Waals surface area contributed by atoms with Crippen molar-refractivity contribution in [2.75, 3.05) is 26.7 Å². The highest BCUT2D eigenvalue weighted by Gasteiger charge is 2.26. The van der Waals surface area contributed by atoms with Gasteiger partial charge in [-0.1, -0.05) is 0 Å². The van der Waals surface area contributed by atoms with Gasteiger partial charge in [-0.15, -0.1) is 0 Å². The Morgan fingerprint density at radius 2 is 2.21 bits per heavy atom. The number of hydrogen-bond donors (Lipinski definition) is 1. The molecule has 1 unspecified atom stereocenters. The van der Waals surface area contributed by atoms with Gasteiger partial charge in [0.25, 0.3) is 0 Å². The topological polar surface area (TPSA) is 63.1 Å². The van der Waals surface area contributed by atoms with E-state index in [4.69, 9.17) is 0 Å². The molecule has 0 aromatic carbocycles. The molecule has 1 N–H and O–H groups in total. The normalized spacial score (nSPS) is 18.5. The summed E-state index contributed by atoms with van der Waals surface area (Å²) in [6.45, 7) is 4.68. The van der Waals surface area contributed by atoms with Crippen LogP contribution in [0.5, 0.6) is 0 Å². The van der Waals surface area contributed by atoms with Crippen LogP contribution in [-0.2, 0) is 4.79 Å². The van der Waals surface area contributed by atoms with E-state index < -0.39 is 0 Å². The van der Waals surface area contributed by atoms with Crippen molar-refractivity contribution >= 4 is 5.91 Å². The van der Waals surface area contributed by atoms with Crippen molar-refractivity contribution in [1.82, 2.24) is 25.0 Å². The fourth-order valence-corrected chi connectivity index (χ4v) is 2.59. The maximum absolute atomic E-state index is 12.3. The van der Waals surface area contributed by atoms with Crippen LogP contribution < -0.4 is 5.32 Å². The fourth-order valence-electron chi connectivity index (χ4n) is 2.59. The van der Waals surface area contributed by atoms with Gasteiger partial charge in [-0.05, 0) is 45.7 Å². The van der Waals surface area contributed by atoms with Gasteiger partial charge in [0, 0.05) is 13.1 Å². The summed E-state index contributed by atoms with van der Waals surface area (Å²) in [7, 11) is 1.98. The van der Waals surface area contributed by atoms with Crippen molar-refractivity contribution in [3.63, 3.8) is 0 Å². The molecule has 0 aliphatic carbocycles. The Labute approximate surface area is 114 Å². The van der Waals surface area contributed by atoms with Gasteiger partial charge in [0.1, 0.15) is 18.7 Å². The summed E-state index contributed by atoms with van der Waals surface area (Å²) >= 11 is 0. The average molecular weight is 265 g/mol. The molecule has 0 radical (unpaired) electrons. The summed E-state index contributed by atoms with van der Waals surface area (Å²) in [6.07, 6.45) is 6.49. The molecule has 0 bridgehead atoms. The van der Waals surface area contributed by atoms with Crippen LogP contribution in [0.2, 0.25) is 0 Å². The van der Waals surface area contributed by atoms with Crippen LogP contribution >= 0.6 is 0 Å². The monoisotopic (exact) mass is 265 g/mol. The fraction of sp³-hybridized carbons (Fsp3) is 0.769. The lowest BCUT2D eigenvalue weighted by Crippen LogP contribution is -2.42. The van der Waals surface area contributed by atoms with Crippen LogP contribution in [0.4, 0.5) is 0 Å². The van der Waals surface area contributed by atoms with E-state index in [1.165, 1.54) is 12.7 Å². The Hall–Kier alpha value is -1.43. The molecule has 6 nitrogen and oxygen atoms in total. The molecule has 1 saturated heterocycles. The van der Waals surface area contributed by atoms with Gasteiger partial charge in [0.2, 0.25) is 5.91 Å². The molecule has 0 spiro atoms. The van der Waals surface area contributed by atoms with E-state index in [1.54, 1.807) is 11.0 Å². The maximum Gasteiger partial charge on any atom is 0.247 e. The SMILES string of the molecule is CNCCC1CCN(C(=O)C(C)n2cncn2)CC1. The van der Waals surface area contributed by atoms with Gasteiger partial charge in [-0.2, -0.15) is 5.10 Å². The largest absolute Gasteiger partial charge is 0.341 e. The number of nitrogens with one attached hydrogen (secondary N) is 1. The average Bonchev–Trinajstić information content (AvgIpc) is 2.98. The van der Waals surface area contributed by atoms with E-state index >= 15 is 0 Å². The third-order valence-electron chi connectivity index (χ3n) is 3.92. The third kappa shape index (κ3) is 3.53. The first-order valence-corrected chi connectivity index (χ1v) is 7.00. The quantitative estimate of drug-likeness (QED) is 0.850. The minimum atomic E-state index is -0.253. The molecule has 0 saturated carbocycles. The molecule has 1 fully saturated rings. The van der Waals surface area contributed by atoms with E-state index in [2.05, 4.69) is 15.4 Å². The molecule has 1 aromatic rings. The third-order valence-corrected chi connectivity index (χ3v) is 3.92. The van der Waals surface area contributed by atoms with Crippen LogP contribution in [0.3, 0.4) is 0 Å². The molecule has 19 heavy (non-hydrogen) atoms. The minimum absolute atomic E-state index is 0.151. The van der Waals surface area contributed by atoms with E-state index in [9.17, 15) is 4.79 Å². The zero-order chi connectivity index (χ0) is 13.7. The lowest BCUT2D eigenvalue weighted by Gasteiger charge is -2.33. The highest BCUT2D eigenvalue weighted by molar-refractivity contribution is 5.80. The van der Waals surface area contributed by atoms with Crippen molar-refractivity contribution in [3.8, 4) is 0 Å². The molecule has 6 heteroatoms. The van der Waals surface area contributed by atoms with Crippen LogP contribution in [-0.4, -0.2) is 52.3 Å². The highest BCUT2D eigenvalue weighted by atomic mass is 16.2. The first-order valence-electron chi connectivity index (χ1n) is 7.00. The molecular weight excluding hydrogens is 242 g/mol. The first-order chi connectivity index (χ1) is 9.22. The standard InChI is InChI=1S/C13H23N5O/c1-11(18-10-15-9-16-18)13(19)17-7-4-12(5-8-17)3-6-14-2/h9-12,14H,3-8H2,1-2H3. The molecule has 1 amide bonds. The van der Waals surface area contributed by atoms with Crippen LogP contribution in [0, 0.1) is 5.92 Å². The Balaban J connectivity index is 1.82. The summed E-state index contributed by atoms with van der Waals surface area (Å²) in [5.74, 6) is 0.899. The Morgan fingerprint density at radius 1 is 1.47 bits per heavy atom. The molecule has 106 valence electrons. The number of amides is 1. The number of carbonyl (C=O) groups is 1. The summed E-state index contributed by atoms with van der Waals surface area (Å²) in [5, 5.41) is 7.22. The molecule has 1 aliphatic heterocycles. The van der Waals surface area contributed by atoms with Gasteiger partial charge >= 0.3 is 0 Å². The van der Waals surface area contributed by atoms with Crippen molar-refractivity contribution in [2.24, 2.45) is 5.92 Å². The lowest BCUT2D eigenvalue weighted by molar-refractivity contribution is -0.136. The number of nitrogens with zero attached hydrogens (tertiary/aromatic N) is 4. The predicted molar refractivity (Wildman–Crippen MR) is 72.6 cm³/mol. The Bertz CT molecular complexity index is 384. The lowest BCUT2D eigenvalue weighted by atomic mass is 9.93. The molecule has 2 rings (SSSR count). The second-order valence-electron chi connectivity index (χ2n) is 5.21. The molecule has 2 heterocycles. The molecule has 1 aromatic heterocycles.